The molecule has 5 aliphatic carbocycles. The topological polar surface area (TPSA) is 55.4 Å². The van der Waals surface area contributed by atoms with Crippen molar-refractivity contribution in [2.75, 3.05) is 0 Å². The minimum atomic E-state index is -0.148. The van der Waals surface area contributed by atoms with Gasteiger partial charge < -0.3 is 10.1 Å². The molecule has 0 aliphatic heterocycles. The molecule has 5 saturated carbocycles. The molecule has 1 N–H and O–H groups in total. The third-order valence-corrected chi connectivity index (χ3v) is 13.5. The summed E-state index contributed by atoms with van der Waals surface area (Å²) in [6, 6.07) is 10.4. The Morgan fingerprint density at radius 3 is 2.18 bits per heavy atom. The van der Waals surface area contributed by atoms with Gasteiger partial charge in [-0.2, -0.15) is 0 Å². The lowest BCUT2D eigenvalue weighted by Gasteiger charge is -2.69. The van der Waals surface area contributed by atoms with E-state index in [1.807, 2.05) is 26.8 Å². The molecule has 4 nitrogen and oxygen atoms in total. The number of carbonyl (C=O) groups excluding carboxylic acids is 2. The van der Waals surface area contributed by atoms with E-state index in [9.17, 15) is 9.59 Å². The molecule has 0 aromatic heterocycles. The number of ether oxygens (including phenoxy) is 1. The fraction of sp³-hybridized carbons (Fsp3) is 0.750. The van der Waals surface area contributed by atoms with Crippen LogP contribution in [0.1, 0.15) is 132 Å². The van der Waals surface area contributed by atoms with Crippen molar-refractivity contribution in [2.24, 2.45) is 51.2 Å². The monoisotopic (exact) mass is 605 g/mol. The molecule has 5 aliphatic rings. The van der Waals surface area contributed by atoms with Gasteiger partial charge in [-0.25, -0.2) is 0 Å². The Kier molecular flexibility index (Phi) is 10.8. The number of nitrogens with one attached hydrogen (secondary N) is 1. The lowest BCUT2D eigenvalue weighted by molar-refractivity contribution is -0.220. The molecule has 9 unspecified atom stereocenters. The first-order valence-electron chi connectivity index (χ1n) is 18.0. The van der Waals surface area contributed by atoms with Crippen molar-refractivity contribution in [3.8, 4) is 0 Å². The molecule has 0 radical (unpaired) electrons. The summed E-state index contributed by atoms with van der Waals surface area (Å²) in [5, 5.41) is 3.39. The van der Waals surface area contributed by atoms with Gasteiger partial charge in [-0.05, 0) is 117 Å². The molecular weight excluding hydrogens is 542 g/mol. The number of hydrogen-bond donors (Lipinski definition) is 1. The summed E-state index contributed by atoms with van der Waals surface area (Å²) >= 11 is 0. The summed E-state index contributed by atoms with van der Waals surface area (Å²) in [7, 11) is 0. The largest absolute Gasteiger partial charge is 0.462 e. The molecule has 0 spiro atoms. The molecule has 246 valence electrons. The van der Waals surface area contributed by atoms with E-state index in [4.69, 9.17) is 4.74 Å². The Morgan fingerprint density at radius 1 is 0.864 bits per heavy atom. The average Bonchev–Trinajstić information content (AvgIpc) is 3.45. The van der Waals surface area contributed by atoms with Crippen LogP contribution in [-0.2, 0) is 20.9 Å². The van der Waals surface area contributed by atoms with Gasteiger partial charge in [0, 0.05) is 18.9 Å². The summed E-state index contributed by atoms with van der Waals surface area (Å²) in [5.41, 5.74) is 1.71. The first kappa shape index (κ1) is 34.8. The molecule has 0 heterocycles. The molecule has 9 atom stereocenters. The van der Waals surface area contributed by atoms with E-state index in [1.165, 1.54) is 56.9 Å². The highest BCUT2D eigenvalue weighted by Gasteiger charge is 2.67. The zero-order chi connectivity index (χ0) is 32.3. The smallest absolute Gasteiger partial charge is 0.302 e. The summed E-state index contributed by atoms with van der Waals surface area (Å²) in [4.78, 5) is 25.8. The zero-order valence-corrected chi connectivity index (χ0v) is 29.3. The molecular formula is C40H63NO3. The normalized spacial score (nSPS) is 39.6. The number of amides is 1. The number of fused-ring (bicyclic) bond motifs is 7. The third kappa shape index (κ3) is 5.93. The van der Waals surface area contributed by atoms with Gasteiger partial charge in [0.05, 0.1) is 5.41 Å². The molecule has 1 amide bonds. The number of allylic oxidation sites excluding steroid dienone is 1. The fourth-order valence-corrected chi connectivity index (χ4v) is 11.9. The predicted molar refractivity (Wildman–Crippen MR) is 182 cm³/mol. The van der Waals surface area contributed by atoms with Crippen LogP contribution in [0.3, 0.4) is 0 Å². The molecule has 1 aromatic carbocycles. The molecule has 4 heteroatoms. The van der Waals surface area contributed by atoms with Crippen LogP contribution in [-0.4, -0.2) is 18.0 Å². The Balaban J connectivity index is 0.000000834. The Labute approximate surface area is 269 Å². The summed E-state index contributed by atoms with van der Waals surface area (Å²) in [6.45, 7) is 21.5. The fourth-order valence-electron chi connectivity index (χ4n) is 11.9. The molecule has 0 saturated heterocycles. The van der Waals surface area contributed by atoms with E-state index in [0.29, 0.717) is 41.0 Å². The predicted octanol–water partition coefficient (Wildman–Crippen LogP) is 9.92. The van der Waals surface area contributed by atoms with Gasteiger partial charge in [-0.1, -0.05) is 84.4 Å². The van der Waals surface area contributed by atoms with Crippen LogP contribution in [0.25, 0.3) is 0 Å². The van der Waals surface area contributed by atoms with Crippen LogP contribution in [0.2, 0.25) is 0 Å². The van der Waals surface area contributed by atoms with Crippen LogP contribution in [0.5, 0.6) is 0 Å². The van der Waals surface area contributed by atoms with Crippen molar-refractivity contribution in [2.45, 2.75) is 139 Å². The molecule has 0 bridgehead atoms. The maximum Gasteiger partial charge on any atom is 0.302 e. The Bertz CT molecular complexity index is 1140. The van der Waals surface area contributed by atoms with Gasteiger partial charge in [-0.3, -0.25) is 9.59 Å². The van der Waals surface area contributed by atoms with Crippen molar-refractivity contribution in [1.29, 1.82) is 0 Å². The third-order valence-electron chi connectivity index (χ3n) is 13.5. The van der Waals surface area contributed by atoms with Crippen LogP contribution >= 0.6 is 0 Å². The van der Waals surface area contributed by atoms with Crippen LogP contribution < -0.4 is 5.32 Å². The summed E-state index contributed by atoms with van der Waals surface area (Å²) < 4.78 is 5.90. The van der Waals surface area contributed by atoms with Gasteiger partial charge >= 0.3 is 5.97 Å². The van der Waals surface area contributed by atoms with Gasteiger partial charge in [0.25, 0.3) is 0 Å². The minimum Gasteiger partial charge on any atom is -0.462 e. The van der Waals surface area contributed by atoms with Gasteiger partial charge in [0.15, 0.2) is 0 Å². The second-order valence-corrected chi connectivity index (χ2v) is 15.7. The van der Waals surface area contributed by atoms with Gasteiger partial charge in [0.1, 0.15) is 6.10 Å². The number of benzene rings is 1. The highest BCUT2D eigenvalue weighted by Crippen LogP contribution is 2.73. The lowest BCUT2D eigenvalue weighted by Crippen LogP contribution is -2.64. The van der Waals surface area contributed by atoms with Crippen LogP contribution in [0.4, 0.5) is 0 Å². The summed E-state index contributed by atoms with van der Waals surface area (Å²) in [5.74, 6) is 3.50. The van der Waals surface area contributed by atoms with Crippen molar-refractivity contribution < 1.29 is 14.3 Å². The minimum absolute atomic E-state index is 0.0147. The molecule has 6 rings (SSSR count). The summed E-state index contributed by atoms with van der Waals surface area (Å²) in [6.07, 6.45) is 14.9. The quantitative estimate of drug-likeness (QED) is 0.274. The van der Waals surface area contributed by atoms with Gasteiger partial charge in [-0.15, -0.1) is 6.58 Å². The first-order valence-corrected chi connectivity index (χ1v) is 18.0. The zero-order valence-electron chi connectivity index (χ0n) is 29.3. The SMILES string of the molecule is C=CC.CC.CC(=O)OC1CCC2(C)C(CCC3(C)C4CCC5(C(=O)NCc6ccccc6)CCCC5C4CCC32)C1(C)C. The molecule has 1 aromatic rings. The van der Waals surface area contributed by atoms with E-state index >= 15 is 0 Å². The molecule has 5 fully saturated rings. The van der Waals surface area contributed by atoms with Crippen molar-refractivity contribution >= 4 is 11.9 Å². The average molecular weight is 606 g/mol. The standard InChI is InChI=1S/C35H51NO3.C3H6.C2H6/c1-23(37)39-30-17-20-34(5)28(32(30,2)3)16-19-33(4)26-15-21-35(31(38)36-22-24-10-7-6-8-11-24)18-9-12-27(35)25(26)13-14-29(33)34;1-3-2;1-2/h6-8,10-11,25-30H,9,12-22H2,1-5H3,(H,36,38);3H,1H2,2H3;1-2H3. The number of hydrogen-bond acceptors (Lipinski definition) is 3. The van der Waals surface area contributed by atoms with E-state index in [1.54, 1.807) is 13.0 Å². The molecule has 44 heavy (non-hydrogen) atoms. The van der Waals surface area contributed by atoms with Crippen molar-refractivity contribution in [1.82, 2.24) is 5.32 Å². The second-order valence-electron chi connectivity index (χ2n) is 15.7. The van der Waals surface area contributed by atoms with Crippen LogP contribution in [0.15, 0.2) is 43.0 Å². The van der Waals surface area contributed by atoms with E-state index in [0.717, 1.165) is 31.1 Å². The maximum absolute atomic E-state index is 13.9. The van der Waals surface area contributed by atoms with Crippen molar-refractivity contribution in [3.63, 3.8) is 0 Å². The first-order chi connectivity index (χ1) is 20.9. The maximum atomic E-state index is 13.9. The number of rotatable bonds is 4. The van der Waals surface area contributed by atoms with Crippen molar-refractivity contribution in [3.05, 3.63) is 48.6 Å². The van der Waals surface area contributed by atoms with Crippen LogP contribution in [0, 0.1) is 51.2 Å². The number of esters is 1. The van der Waals surface area contributed by atoms with Gasteiger partial charge in [0.2, 0.25) is 5.91 Å². The van der Waals surface area contributed by atoms with E-state index < -0.39 is 0 Å². The van der Waals surface area contributed by atoms with E-state index in [-0.39, 0.29) is 22.9 Å². The number of carbonyl (C=O) groups is 2. The Hall–Kier alpha value is -2.10. The second kappa shape index (κ2) is 13.7. The lowest BCUT2D eigenvalue weighted by atomic mass is 9.36. The Morgan fingerprint density at radius 2 is 1.52 bits per heavy atom. The highest BCUT2D eigenvalue weighted by atomic mass is 16.5. The highest BCUT2D eigenvalue weighted by molar-refractivity contribution is 5.83. The van der Waals surface area contributed by atoms with E-state index in [2.05, 4.69) is 63.9 Å².